The van der Waals surface area contributed by atoms with Gasteiger partial charge in [-0.05, 0) is 48.9 Å². The van der Waals surface area contributed by atoms with Crippen LogP contribution in [0.1, 0.15) is 41.7 Å². The zero-order chi connectivity index (χ0) is 21.3. The molecule has 7 heteroatoms. The minimum absolute atomic E-state index is 0.841. The molecule has 32 heavy (non-hydrogen) atoms. The average Bonchev–Trinajstić information content (AvgIpc) is 3.39. The molecule has 4 aromatic heterocycles. The average molecular weight is 458 g/mol. The van der Waals surface area contributed by atoms with Crippen LogP contribution in [0.25, 0.3) is 27.3 Å². The summed E-state index contributed by atoms with van der Waals surface area (Å²) in [5, 5.41) is 11.4. The Labute approximate surface area is 195 Å². The highest BCUT2D eigenvalue weighted by atomic mass is 32.2. The van der Waals surface area contributed by atoms with Gasteiger partial charge < -0.3 is 0 Å². The zero-order valence-corrected chi connectivity index (χ0v) is 19.3. The molecule has 0 aliphatic heterocycles. The number of rotatable bonds is 4. The van der Waals surface area contributed by atoms with Gasteiger partial charge in [-0.25, -0.2) is 4.98 Å². The van der Waals surface area contributed by atoms with E-state index < -0.39 is 0 Å². The molecule has 5 nitrogen and oxygen atoms in total. The Morgan fingerprint density at radius 2 is 1.81 bits per heavy atom. The summed E-state index contributed by atoms with van der Waals surface area (Å²) < 4.78 is 2.15. The Hall–Kier alpha value is -2.77. The summed E-state index contributed by atoms with van der Waals surface area (Å²) in [6.07, 6.45) is 11.1. The summed E-state index contributed by atoms with van der Waals surface area (Å²) in [5.41, 5.74) is 4.64. The summed E-state index contributed by atoms with van der Waals surface area (Å²) in [6.45, 7) is 0. The predicted octanol–water partition coefficient (Wildman–Crippen LogP) is 6.35. The van der Waals surface area contributed by atoms with Crippen LogP contribution in [0.4, 0.5) is 0 Å². The van der Waals surface area contributed by atoms with E-state index in [-0.39, 0.29) is 0 Å². The van der Waals surface area contributed by atoms with E-state index in [1.807, 2.05) is 29.7 Å². The number of thioether (sulfide) groups is 1. The van der Waals surface area contributed by atoms with Crippen LogP contribution in [0.2, 0.25) is 0 Å². The number of hydrogen-bond donors (Lipinski definition) is 0. The van der Waals surface area contributed by atoms with Crippen molar-refractivity contribution >= 4 is 39.0 Å². The molecule has 1 aliphatic rings. The molecule has 0 unspecified atom stereocenters. The minimum atomic E-state index is 0.841. The highest BCUT2D eigenvalue weighted by Crippen LogP contribution is 2.39. The number of benzene rings is 1. The third-order valence-corrected chi connectivity index (χ3v) is 8.25. The molecule has 0 bridgehead atoms. The monoisotopic (exact) mass is 457 g/mol. The topological polar surface area (TPSA) is 56.0 Å². The maximum Gasteiger partial charge on any atom is 0.197 e. The van der Waals surface area contributed by atoms with Crippen LogP contribution in [0, 0.1) is 0 Å². The summed E-state index contributed by atoms with van der Waals surface area (Å²) in [6, 6.07) is 14.5. The molecule has 5 aromatic rings. The first-order valence-electron chi connectivity index (χ1n) is 11.1. The molecule has 0 N–H and O–H groups in total. The van der Waals surface area contributed by atoms with E-state index in [0.717, 1.165) is 45.6 Å². The highest BCUT2D eigenvalue weighted by molar-refractivity contribution is 7.98. The van der Waals surface area contributed by atoms with Crippen molar-refractivity contribution in [3.05, 3.63) is 70.9 Å². The number of fused-ring (bicyclic) bond motifs is 5. The molecule has 0 fully saturated rings. The lowest BCUT2D eigenvalue weighted by atomic mass is 9.98. The van der Waals surface area contributed by atoms with Gasteiger partial charge >= 0.3 is 0 Å². The number of pyridine rings is 1. The van der Waals surface area contributed by atoms with E-state index >= 15 is 0 Å². The molecule has 160 valence electrons. The number of aromatic nitrogens is 5. The summed E-state index contributed by atoms with van der Waals surface area (Å²) in [4.78, 5) is 12.1. The third kappa shape index (κ3) is 3.59. The molecule has 0 saturated heterocycles. The Morgan fingerprint density at radius 3 is 2.66 bits per heavy atom. The lowest BCUT2D eigenvalue weighted by molar-refractivity contribution is 0.624. The van der Waals surface area contributed by atoms with Crippen molar-refractivity contribution in [2.45, 2.75) is 49.4 Å². The van der Waals surface area contributed by atoms with Crippen LogP contribution in [-0.4, -0.2) is 24.6 Å². The van der Waals surface area contributed by atoms with E-state index in [4.69, 9.17) is 10.1 Å². The Morgan fingerprint density at radius 1 is 0.938 bits per heavy atom. The molecule has 0 radical (unpaired) electrons. The second kappa shape index (κ2) is 8.64. The number of hydrogen-bond acceptors (Lipinski definition) is 6. The molecule has 4 heterocycles. The van der Waals surface area contributed by atoms with Crippen LogP contribution in [-0.2, 0) is 18.6 Å². The van der Waals surface area contributed by atoms with E-state index in [9.17, 15) is 0 Å². The lowest BCUT2D eigenvalue weighted by Gasteiger charge is -2.10. The van der Waals surface area contributed by atoms with Crippen molar-refractivity contribution in [1.82, 2.24) is 24.6 Å². The van der Waals surface area contributed by atoms with E-state index in [0.29, 0.717) is 0 Å². The molecule has 1 aromatic carbocycles. The molecule has 1 aliphatic carbocycles. The van der Waals surface area contributed by atoms with Gasteiger partial charge in [0.05, 0.1) is 5.39 Å². The van der Waals surface area contributed by atoms with E-state index in [2.05, 4.69) is 44.8 Å². The van der Waals surface area contributed by atoms with Gasteiger partial charge in [0.2, 0.25) is 0 Å². The maximum atomic E-state index is 5.18. The van der Waals surface area contributed by atoms with Crippen molar-refractivity contribution in [2.75, 3.05) is 0 Å². The van der Waals surface area contributed by atoms with Gasteiger partial charge in [0.15, 0.2) is 16.6 Å². The largest absolute Gasteiger partial charge is 0.264 e. The summed E-state index contributed by atoms with van der Waals surface area (Å²) >= 11 is 3.55. The molecular formula is C25H23N5S2. The van der Waals surface area contributed by atoms with Crippen molar-refractivity contribution in [3.8, 4) is 11.4 Å². The maximum absolute atomic E-state index is 5.18. The van der Waals surface area contributed by atoms with Gasteiger partial charge in [0.1, 0.15) is 4.83 Å². The quantitative estimate of drug-likeness (QED) is 0.294. The number of aryl methyl sites for hydroxylation is 2. The van der Waals surface area contributed by atoms with Crippen molar-refractivity contribution in [3.63, 3.8) is 0 Å². The third-order valence-electron chi connectivity index (χ3n) is 6.06. The fraction of sp³-hybridized carbons (Fsp3) is 0.280. The van der Waals surface area contributed by atoms with Gasteiger partial charge in [-0.1, -0.05) is 54.9 Å². The molecule has 6 rings (SSSR count). The molecule has 0 spiro atoms. The SMILES string of the molecule is c1ccc(CSc2nnc3c4c5c(sc4nc(-c4cccnc4)n23)CCCCCC5)cc1. The second-order valence-electron chi connectivity index (χ2n) is 8.19. The first-order valence-corrected chi connectivity index (χ1v) is 13.0. The van der Waals surface area contributed by atoms with E-state index in [1.54, 1.807) is 18.0 Å². The van der Waals surface area contributed by atoms with Crippen LogP contribution < -0.4 is 0 Å². The number of nitrogens with zero attached hydrogens (tertiary/aromatic N) is 5. The fourth-order valence-electron chi connectivity index (χ4n) is 4.49. The minimum Gasteiger partial charge on any atom is -0.264 e. The molecule has 0 amide bonds. The first-order chi connectivity index (χ1) is 15.9. The Balaban J connectivity index is 1.55. The molecular weight excluding hydrogens is 434 g/mol. The molecule has 0 saturated carbocycles. The van der Waals surface area contributed by atoms with Crippen LogP contribution in [0.5, 0.6) is 0 Å². The standard InChI is InChI=1S/C25H23N5S2/c1-2-7-13-20-19(12-6-1)21-23-28-29-25(31-16-17-9-4-3-5-10-17)30(23)22(27-24(21)32-20)18-11-8-14-26-15-18/h3-5,8-11,14-15H,1-2,6-7,12-13,16H2. The van der Waals surface area contributed by atoms with Gasteiger partial charge in [-0.15, -0.1) is 21.5 Å². The predicted molar refractivity (Wildman–Crippen MR) is 131 cm³/mol. The van der Waals surface area contributed by atoms with Gasteiger partial charge in [-0.2, -0.15) is 0 Å². The highest BCUT2D eigenvalue weighted by Gasteiger charge is 2.23. The van der Waals surface area contributed by atoms with Crippen molar-refractivity contribution in [1.29, 1.82) is 0 Å². The van der Waals surface area contributed by atoms with Gasteiger partial charge in [-0.3, -0.25) is 9.38 Å². The van der Waals surface area contributed by atoms with Crippen molar-refractivity contribution < 1.29 is 0 Å². The van der Waals surface area contributed by atoms with Crippen molar-refractivity contribution in [2.24, 2.45) is 0 Å². The lowest BCUT2D eigenvalue weighted by Crippen LogP contribution is -2.00. The van der Waals surface area contributed by atoms with Gasteiger partial charge in [0, 0.05) is 28.6 Å². The summed E-state index contributed by atoms with van der Waals surface area (Å²) in [7, 11) is 0. The smallest absolute Gasteiger partial charge is 0.197 e. The van der Waals surface area contributed by atoms with E-state index in [1.165, 1.54) is 47.1 Å². The Kier molecular flexibility index (Phi) is 5.37. The zero-order valence-electron chi connectivity index (χ0n) is 17.7. The van der Waals surface area contributed by atoms with Crippen LogP contribution >= 0.6 is 23.1 Å². The van der Waals surface area contributed by atoms with Crippen LogP contribution in [0.15, 0.2) is 60.0 Å². The fourth-order valence-corrected chi connectivity index (χ4v) is 6.63. The summed E-state index contributed by atoms with van der Waals surface area (Å²) in [5.74, 6) is 1.71. The second-order valence-corrected chi connectivity index (χ2v) is 10.2. The van der Waals surface area contributed by atoms with Crippen LogP contribution in [0.3, 0.4) is 0 Å². The number of thiophene rings is 1. The molecule has 0 atom stereocenters. The van der Waals surface area contributed by atoms with Gasteiger partial charge in [0.25, 0.3) is 0 Å². The normalized spacial score (nSPS) is 14.4. The Bertz CT molecular complexity index is 1380. The first kappa shape index (κ1) is 19.9.